The summed E-state index contributed by atoms with van der Waals surface area (Å²) in [6, 6.07) is 4.94. The van der Waals surface area contributed by atoms with E-state index in [2.05, 4.69) is 0 Å². The number of ether oxygens (including phenoxy) is 2. The fourth-order valence-corrected chi connectivity index (χ4v) is 1.72. The Labute approximate surface area is 97.7 Å². The van der Waals surface area contributed by atoms with Gasteiger partial charge in [0.25, 0.3) is 0 Å². The first-order valence-corrected chi connectivity index (χ1v) is 5.31. The average Bonchev–Trinajstić information content (AvgIpc) is 2.67. The third-order valence-electron chi connectivity index (χ3n) is 2.34. The zero-order valence-corrected chi connectivity index (χ0v) is 9.24. The fourth-order valence-electron chi connectivity index (χ4n) is 1.48. The van der Waals surface area contributed by atoms with Crippen LogP contribution in [0.3, 0.4) is 0 Å². The third-order valence-corrected chi connectivity index (χ3v) is 2.63. The summed E-state index contributed by atoms with van der Waals surface area (Å²) in [5.41, 5.74) is 0.700. The van der Waals surface area contributed by atoms with Crippen LogP contribution in [0.1, 0.15) is 12.0 Å². The van der Waals surface area contributed by atoms with E-state index in [9.17, 15) is 4.79 Å². The van der Waals surface area contributed by atoms with Gasteiger partial charge < -0.3 is 14.6 Å². The summed E-state index contributed by atoms with van der Waals surface area (Å²) in [6.07, 6.45) is -0.0332. The molecule has 0 saturated carbocycles. The van der Waals surface area contributed by atoms with Crippen LogP contribution < -0.4 is 4.74 Å². The van der Waals surface area contributed by atoms with Crippen molar-refractivity contribution in [3.8, 4) is 5.75 Å². The van der Waals surface area contributed by atoms with Crippen molar-refractivity contribution >= 4 is 17.6 Å². The zero-order valence-electron chi connectivity index (χ0n) is 8.48. The average molecular weight is 243 g/mol. The molecule has 86 valence electrons. The standard InChI is InChI=1S/C11H11ClO4/c12-8-5-7(6-13)1-2-9(8)16-10-3-4-15-11(10)14/h1-2,5,10,13H,3-4,6H2. The van der Waals surface area contributed by atoms with Crippen LogP contribution in [-0.2, 0) is 16.1 Å². The van der Waals surface area contributed by atoms with Gasteiger partial charge in [-0.2, -0.15) is 0 Å². The van der Waals surface area contributed by atoms with Crippen LogP contribution >= 0.6 is 11.6 Å². The van der Waals surface area contributed by atoms with Crippen molar-refractivity contribution in [1.29, 1.82) is 0 Å². The normalized spacial score (nSPS) is 19.6. The molecule has 1 aromatic rings. The monoisotopic (exact) mass is 242 g/mol. The number of halogens is 1. The summed E-state index contributed by atoms with van der Waals surface area (Å²) in [6.45, 7) is 0.307. The Morgan fingerprint density at radius 2 is 2.38 bits per heavy atom. The molecule has 1 heterocycles. The van der Waals surface area contributed by atoms with Crippen molar-refractivity contribution in [2.24, 2.45) is 0 Å². The van der Waals surface area contributed by atoms with Crippen molar-refractivity contribution in [2.45, 2.75) is 19.1 Å². The molecule has 1 N–H and O–H groups in total. The number of benzene rings is 1. The summed E-state index contributed by atoms with van der Waals surface area (Å²) in [5, 5.41) is 9.29. The molecule has 2 rings (SSSR count). The van der Waals surface area contributed by atoms with Gasteiger partial charge in [-0.3, -0.25) is 0 Å². The quantitative estimate of drug-likeness (QED) is 0.817. The highest BCUT2D eigenvalue weighted by Gasteiger charge is 2.28. The minimum Gasteiger partial charge on any atom is -0.477 e. The van der Waals surface area contributed by atoms with Crippen molar-refractivity contribution in [2.75, 3.05) is 6.61 Å². The highest BCUT2D eigenvalue weighted by Crippen LogP contribution is 2.28. The van der Waals surface area contributed by atoms with Gasteiger partial charge in [-0.1, -0.05) is 17.7 Å². The van der Waals surface area contributed by atoms with E-state index in [0.717, 1.165) is 0 Å². The Hall–Kier alpha value is -1.26. The zero-order chi connectivity index (χ0) is 11.5. The molecule has 1 aliphatic heterocycles. The van der Waals surface area contributed by atoms with E-state index in [0.29, 0.717) is 29.4 Å². The van der Waals surface area contributed by atoms with Gasteiger partial charge in [-0.15, -0.1) is 0 Å². The minimum absolute atomic E-state index is 0.0779. The molecule has 16 heavy (non-hydrogen) atoms. The molecule has 1 fully saturated rings. The van der Waals surface area contributed by atoms with Gasteiger partial charge in [0.15, 0.2) is 6.10 Å². The summed E-state index contributed by atoms with van der Waals surface area (Å²) in [4.78, 5) is 11.2. The first kappa shape index (κ1) is 11.2. The van der Waals surface area contributed by atoms with E-state index in [1.165, 1.54) is 0 Å². The number of carbonyl (C=O) groups is 1. The van der Waals surface area contributed by atoms with E-state index in [-0.39, 0.29) is 12.6 Å². The summed E-state index contributed by atoms with van der Waals surface area (Å²) < 4.78 is 10.2. The first-order valence-electron chi connectivity index (χ1n) is 4.93. The molecule has 1 aliphatic rings. The predicted octanol–water partition coefficient (Wildman–Crippen LogP) is 1.53. The molecule has 0 amide bonds. The molecule has 1 aromatic carbocycles. The Morgan fingerprint density at radius 1 is 1.56 bits per heavy atom. The van der Waals surface area contributed by atoms with Crippen LogP contribution in [0.15, 0.2) is 18.2 Å². The van der Waals surface area contributed by atoms with Gasteiger partial charge >= 0.3 is 5.97 Å². The van der Waals surface area contributed by atoms with Crippen LogP contribution in [0.5, 0.6) is 5.75 Å². The lowest BCUT2D eigenvalue weighted by Gasteiger charge is -2.11. The second kappa shape index (κ2) is 4.72. The Kier molecular flexibility index (Phi) is 3.31. The van der Waals surface area contributed by atoms with Gasteiger partial charge in [-0.25, -0.2) is 4.79 Å². The highest BCUT2D eigenvalue weighted by molar-refractivity contribution is 6.32. The molecule has 0 aromatic heterocycles. The third kappa shape index (κ3) is 2.28. The van der Waals surface area contributed by atoms with Crippen molar-refractivity contribution < 1.29 is 19.4 Å². The number of carbonyl (C=O) groups excluding carboxylic acids is 1. The maximum absolute atomic E-state index is 11.2. The lowest BCUT2D eigenvalue weighted by atomic mass is 10.2. The molecule has 1 unspecified atom stereocenters. The topological polar surface area (TPSA) is 55.8 Å². The van der Waals surface area contributed by atoms with Crippen LogP contribution in [0.25, 0.3) is 0 Å². The molecule has 4 nitrogen and oxygen atoms in total. The van der Waals surface area contributed by atoms with Crippen molar-refractivity contribution in [3.05, 3.63) is 28.8 Å². The number of hydrogen-bond acceptors (Lipinski definition) is 4. The highest BCUT2D eigenvalue weighted by atomic mass is 35.5. The van der Waals surface area contributed by atoms with Crippen LogP contribution in [0, 0.1) is 0 Å². The Balaban J connectivity index is 2.12. The Morgan fingerprint density at radius 3 is 2.94 bits per heavy atom. The number of esters is 1. The minimum atomic E-state index is -0.572. The maximum Gasteiger partial charge on any atom is 0.347 e. The predicted molar refractivity (Wildman–Crippen MR) is 57.4 cm³/mol. The number of hydrogen-bond donors (Lipinski definition) is 1. The molecule has 0 radical (unpaired) electrons. The maximum atomic E-state index is 11.2. The van der Waals surface area contributed by atoms with Gasteiger partial charge in [0, 0.05) is 6.42 Å². The van der Waals surface area contributed by atoms with Crippen molar-refractivity contribution in [3.63, 3.8) is 0 Å². The lowest BCUT2D eigenvalue weighted by molar-refractivity contribution is -0.143. The molecular formula is C11H11ClO4. The van der Waals surface area contributed by atoms with Crippen LogP contribution in [-0.4, -0.2) is 23.8 Å². The molecule has 1 atom stereocenters. The SMILES string of the molecule is O=C1OCCC1Oc1ccc(CO)cc1Cl. The summed E-state index contributed by atoms with van der Waals surface area (Å²) in [7, 11) is 0. The van der Waals surface area contributed by atoms with E-state index in [1.54, 1.807) is 18.2 Å². The molecule has 0 bridgehead atoms. The molecule has 5 heteroatoms. The van der Waals surface area contributed by atoms with Gasteiger partial charge in [-0.05, 0) is 17.7 Å². The van der Waals surface area contributed by atoms with Gasteiger partial charge in [0.2, 0.25) is 0 Å². The second-order valence-electron chi connectivity index (χ2n) is 3.49. The number of rotatable bonds is 3. The van der Waals surface area contributed by atoms with E-state index < -0.39 is 6.10 Å². The number of cyclic esters (lactones) is 1. The van der Waals surface area contributed by atoms with Gasteiger partial charge in [0.05, 0.1) is 18.2 Å². The first-order chi connectivity index (χ1) is 7.70. The molecule has 0 aliphatic carbocycles. The van der Waals surface area contributed by atoms with E-state index in [1.807, 2.05) is 0 Å². The van der Waals surface area contributed by atoms with E-state index >= 15 is 0 Å². The smallest absolute Gasteiger partial charge is 0.347 e. The van der Waals surface area contributed by atoms with Gasteiger partial charge in [0.1, 0.15) is 5.75 Å². The summed E-state index contributed by atoms with van der Waals surface area (Å²) in [5.74, 6) is 0.0741. The van der Waals surface area contributed by atoms with Crippen LogP contribution in [0.4, 0.5) is 0 Å². The van der Waals surface area contributed by atoms with Crippen LogP contribution in [0.2, 0.25) is 5.02 Å². The number of aliphatic hydroxyl groups excluding tert-OH is 1. The number of aliphatic hydroxyl groups is 1. The van der Waals surface area contributed by atoms with E-state index in [4.69, 9.17) is 26.2 Å². The molecular weight excluding hydrogens is 232 g/mol. The fraction of sp³-hybridized carbons (Fsp3) is 0.364. The summed E-state index contributed by atoms with van der Waals surface area (Å²) >= 11 is 5.95. The second-order valence-corrected chi connectivity index (χ2v) is 3.89. The lowest BCUT2D eigenvalue weighted by Crippen LogP contribution is -2.21. The molecule has 1 saturated heterocycles. The largest absolute Gasteiger partial charge is 0.477 e. The van der Waals surface area contributed by atoms with Crippen molar-refractivity contribution in [1.82, 2.24) is 0 Å². The molecule has 0 spiro atoms. The Bertz CT molecular complexity index is 405.